The lowest BCUT2D eigenvalue weighted by atomic mass is 10.2. The van der Waals surface area contributed by atoms with Crippen LogP contribution in [0.15, 0.2) is 52.1 Å². The molecule has 2 aromatic rings. The van der Waals surface area contributed by atoms with Crippen LogP contribution in [0.2, 0.25) is 5.02 Å². The number of rotatable bonds is 5. The van der Waals surface area contributed by atoms with E-state index in [0.29, 0.717) is 12.5 Å². The Kier molecular flexibility index (Phi) is 8.25. The Morgan fingerprint density at radius 3 is 2.41 bits per heavy atom. The van der Waals surface area contributed by atoms with Gasteiger partial charge in [0.1, 0.15) is 5.76 Å². The second kappa shape index (κ2) is 10.2. The van der Waals surface area contributed by atoms with Gasteiger partial charge in [-0.3, -0.25) is 9.89 Å². The van der Waals surface area contributed by atoms with E-state index in [1.165, 1.54) is 5.69 Å². The number of aliphatic imine (C=N–C) groups is 1. The maximum Gasteiger partial charge on any atom is 0.191 e. The summed E-state index contributed by atoms with van der Waals surface area (Å²) in [7, 11) is 4.04. The largest absolute Gasteiger partial charge is 0.468 e. The topological polar surface area (TPSA) is 61.2 Å². The molecule has 148 valence electrons. The average Bonchev–Trinajstić information content (AvgIpc) is 3.16. The Hall–Kier alpha value is -1.45. The first kappa shape index (κ1) is 21.8. The second-order valence-corrected chi connectivity index (χ2v) is 7.08. The Balaban J connectivity index is 0.00000261. The maximum absolute atomic E-state index is 6.25. The Morgan fingerprint density at radius 1 is 1.19 bits per heavy atom. The quantitative estimate of drug-likeness (QED) is 0.385. The fourth-order valence-electron chi connectivity index (χ4n) is 3.11. The smallest absolute Gasteiger partial charge is 0.191 e. The molecule has 1 aromatic heterocycles. The minimum absolute atomic E-state index is 0. The molecule has 6 nitrogen and oxygen atoms in total. The number of hydrogen-bond donors (Lipinski definition) is 1. The first-order valence-corrected chi connectivity index (χ1v) is 9.17. The standard InChI is InChI=1S/C19H26ClN5O.HI/c1-23(2)17(18-4-3-13-26-18)14-22-19(21)25-11-9-24(10-12-25)16-7-5-15(20)6-8-16;/h3-8,13,17H,9-12,14H2,1-2H3,(H2,21,22);1H. The van der Waals surface area contributed by atoms with E-state index in [1.807, 2.05) is 38.4 Å². The third-order valence-corrected chi connectivity index (χ3v) is 4.97. The summed E-state index contributed by atoms with van der Waals surface area (Å²) in [6.45, 7) is 4.10. The summed E-state index contributed by atoms with van der Waals surface area (Å²) in [5.74, 6) is 1.50. The lowest BCUT2D eigenvalue weighted by Crippen LogP contribution is -2.51. The zero-order chi connectivity index (χ0) is 18.5. The van der Waals surface area contributed by atoms with E-state index >= 15 is 0 Å². The van der Waals surface area contributed by atoms with Crippen molar-refractivity contribution in [2.24, 2.45) is 10.7 Å². The van der Waals surface area contributed by atoms with Crippen LogP contribution in [0, 0.1) is 0 Å². The molecule has 0 spiro atoms. The zero-order valence-corrected chi connectivity index (χ0v) is 18.8. The molecule has 1 saturated heterocycles. The SMILES string of the molecule is CN(C)C(CN=C(N)N1CCN(c2ccc(Cl)cc2)CC1)c1ccco1.I. The molecule has 1 aromatic carbocycles. The Morgan fingerprint density at radius 2 is 1.85 bits per heavy atom. The highest BCUT2D eigenvalue weighted by Crippen LogP contribution is 2.20. The van der Waals surface area contributed by atoms with Crippen LogP contribution in [0.3, 0.4) is 0 Å². The van der Waals surface area contributed by atoms with Crippen LogP contribution < -0.4 is 10.6 Å². The number of anilines is 1. The van der Waals surface area contributed by atoms with Crippen molar-refractivity contribution in [1.82, 2.24) is 9.80 Å². The first-order chi connectivity index (χ1) is 12.5. The van der Waals surface area contributed by atoms with Gasteiger partial charge >= 0.3 is 0 Å². The number of nitrogens with two attached hydrogens (primary N) is 1. The van der Waals surface area contributed by atoms with Gasteiger partial charge in [0.25, 0.3) is 0 Å². The molecule has 1 fully saturated rings. The average molecular weight is 504 g/mol. The molecule has 2 heterocycles. The third-order valence-electron chi connectivity index (χ3n) is 4.72. The fourth-order valence-corrected chi connectivity index (χ4v) is 3.24. The van der Waals surface area contributed by atoms with Gasteiger partial charge in [0.15, 0.2) is 5.96 Å². The summed E-state index contributed by atoms with van der Waals surface area (Å²) in [5, 5.41) is 0.760. The molecule has 1 aliphatic rings. The molecule has 0 saturated carbocycles. The van der Waals surface area contributed by atoms with Crippen molar-refractivity contribution in [3.05, 3.63) is 53.4 Å². The highest BCUT2D eigenvalue weighted by Gasteiger charge is 2.20. The van der Waals surface area contributed by atoms with Crippen LogP contribution in [0.25, 0.3) is 0 Å². The molecule has 0 aliphatic carbocycles. The summed E-state index contributed by atoms with van der Waals surface area (Å²) in [6, 6.07) is 11.9. The minimum atomic E-state index is 0. The summed E-state index contributed by atoms with van der Waals surface area (Å²) < 4.78 is 5.52. The molecule has 0 amide bonds. The minimum Gasteiger partial charge on any atom is -0.468 e. The number of benzene rings is 1. The number of likely N-dealkylation sites (N-methyl/N-ethyl adjacent to an activating group) is 1. The number of guanidine groups is 1. The molecular weight excluding hydrogens is 477 g/mol. The molecular formula is C19H27ClIN5O. The van der Waals surface area contributed by atoms with Crippen molar-refractivity contribution < 1.29 is 4.42 Å². The van der Waals surface area contributed by atoms with Gasteiger partial charge < -0.3 is 20.0 Å². The molecule has 8 heteroatoms. The molecule has 1 aliphatic heterocycles. The lowest BCUT2D eigenvalue weighted by molar-refractivity contribution is 0.264. The predicted octanol–water partition coefficient (Wildman–Crippen LogP) is 3.29. The van der Waals surface area contributed by atoms with Crippen molar-refractivity contribution in [1.29, 1.82) is 0 Å². The van der Waals surface area contributed by atoms with Crippen LogP contribution in [-0.2, 0) is 0 Å². The van der Waals surface area contributed by atoms with Gasteiger partial charge in [0.05, 0.1) is 18.8 Å². The molecule has 0 radical (unpaired) electrons. The molecule has 2 N–H and O–H groups in total. The number of hydrogen-bond acceptors (Lipinski definition) is 4. The van der Waals surface area contributed by atoms with Crippen molar-refractivity contribution in [2.45, 2.75) is 6.04 Å². The molecule has 3 rings (SSSR count). The van der Waals surface area contributed by atoms with Crippen molar-refractivity contribution >= 4 is 47.2 Å². The molecule has 27 heavy (non-hydrogen) atoms. The number of halogens is 2. The highest BCUT2D eigenvalue weighted by atomic mass is 127. The van der Waals surface area contributed by atoms with Crippen molar-refractivity contribution in [2.75, 3.05) is 51.7 Å². The fraction of sp³-hybridized carbons (Fsp3) is 0.421. The van der Waals surface area contributed by atoms with Crippen molar-refractivity contribution in [3.8, 4) is 0 Å². The van der Waals surface area contributed by atoms with E-state index < -0.39 is 0 Å². The normalized spacial score (nSPS) is 16.4. The van der Waals surface area contributed by atoms with Gasteiger partial charge in [0.2, 0.25) is 0 Å². The maximum atomic E-state index is 6.25. The van der Waals surface area contributed by atoms with Crippen LogP contribution in [-0.4, -0.2) is 62.6 Å². The van der Waals surface area contributed by atoms with Gasteiger partial charge in [-0.1, -0.05) is 11.6 Å². The molecule has 1 unspecified atom stereocenters. The van der Waals surface area contributed by atoms with Gasteiger partial charge in [0, 0.05) is 36.9 Å². The number of furan rings is 1. The van der Waals surface area contributed by atoms with Crippen LogP contribution >= 0.6 is 35.6 Å². The van der Waals surface area contributed by atoms with Gasteiger partial charge in [-0.15, -0.1) is 24.0 Å². The highest BCUT2D eigenvalue weighted by molar-refractivity contribution is 14.0. The number of piperazine rings is 1. The third kappa shape index (κ3) is 5.76. The van der Waals surface area contributed by atoms with Crippen molar-refractivity contribution in [3.63, 3.8) is 0 Å². The molecule has 0 bridgehead atoms. The van der Waals surface area contributed by atoms with E-state index in [2.05, 4.69) is 31.8 Å². The van der Waals surface area contributed by atoms with E-state index in [9.17, 15) is 0 Å². The Bertz CT molecular complexity index is 712. The van der Waals surface area contributed by atoms with E-state index in [0.717, 1.165) is 37.0 Å². The monoisotopic (exact) mass is 503 g/mol. The Labute approximate surface area is 183 Å². The van der Waals surface area contributed by atoms with E-state index in [-0.39, 0.29) is 30.0 Å². The van der Waals surface area contributed by atoms with Gasteiger partial charge in [-0.2, -0.15) is 0 Å². The summed E-state index contributed by atoms with van der Waals surface area (Å²) in [4.78, 5) is 11.2. The van der Waals surface area contributed by atoms with E-state index in [1.54, 1.807) is 6.26 Å². The van der Waals surface area contributed by atoms with Gasteiger partial charge in [-0.25, -0.2) is 0 Å². The summed E-state index contributed by atoms with van der Waals surface area (Å²) in [6.07, 6.45) is 1.69. The summed E-state index contributed by atoms with van der Waals surface area (Å²) >= 11 is 5.97. The van der Waals surface area contributed by atoms with Crippen LogP contribution in [0.5, 0.6) is 0 Å². The summed E-state index contributed by atoms with van der Waals surface area (Å²) in [5.41, 5.74) is 7.43. The van der Waals surface area contributed by atoms with Crippen LogP contribution in [0.1, 0.15) is 11.8 Å². The first-order valence-electron chi connectivity index (χ1n) is 8.80. The lowest BCUT2D eigenvalue weighted by Gasteiger charge is -2.36. The van der Waals surface area contributed by atoms with Crippen LogP contribution in [0.4, 0.5) is 5.69 Å². The number of nitrogens with zero attached hydrogens (tertiary/aromatic N) is 4. The van der Waals surface area contributed by atoms with Gasteiger partial charge in [-0.05, 0) is 50.5 Å². The predicted molar refractivity (Wildman–Crippen MR) is 122 cm³/mol. The van der Waals surface area contributed by atoms with E-state index in [4.69, 9.17) is 21.8 Å². The second-order valence-electron chi connectivity index (χ2n) is 6.64. The molecule has 1 atom stereocenters. The zero-order valence-electron chi connectivity index (χ0n) is 15.7.